The van der Waals surface area contributed by atoms with Gasteiger partial charge in [0, 0.05) is 36.0 Å². The molecule has 0 bridgehead atoms. The lowest BCUT2D eigenvalue weighted by Crippen LogP contribution is -2.33. The molecule has 0 saturated heterocycles. The number of benzene rings is 1. The van der Waals surface area contributed by atoms with E-state index in [1.807, 2.05) is 23.1 Å². The summed E-state index contributed by atoms with van der Waals surface area (Å²) in [6.45, 7) is 4.61. The maximum atomic E-state index is 11.2. The number of para-hydroxylation sites is 1. The summed E-state index contributed by atoms with van der Waals surface area (Å²) in [5.74, 6) is 1.57. The Morgan fingerprint density at radius 3 is 2.89 bits per heavy atom. The van der Waals surface area contributed by atoms with Gasteiger partial charge in [0.2, 0.25) is 6.41 Å². The lowest BCUT2D eigenvalue weighted by molar-refractivity contribution is -0.118. The maximum Gasteiger partial charge on any atom is 0.209 e. The molecule has 150 valence electrons. The molecular weight excluding hydrogens is 370 g/mol. The van der Waals surface area contributed by atoms with Gasteiger partial charge in [-0.2, -0.15) is 0 Å². The van der Waals surface area contributed by atoms with E-state index in [1.165, 1.54) is 17.7 Å². The number of hydrogen-bond acceptors (Lipinski definition) is 5. The average Bonchev–Trinajstić information content (AvgIpc) is 3.03. The first-order valence-electron chi connectivity index (χ1n) is 10.4. The van der Waals surface area contributed by atoms with Crippen molar-refractivity contribution in [2.75, 3.05) is 25.0 Å². The molecule has 2 aromatic rings. The zero-order valence-corrected chi connectivity index (χ0v) is 17.3. The molecule has 6 heteroatoms. The molecule has 0 radical (unpaired) electrons. The van der Waals surface area contributed by atoms with Gasteiger partial charge in [0.1, 0.15) is 5.75 Å². The van der Waals surface area contributed by atoms with Gasteiger partial charge in [-0.3, -0.25) is 4.79 Å². The molecule has 0 atom stereocenters. The van der Waals surface area contributed by atoms with Crippen LogP contribution in [-0.2, 0) is 11.2 Å². The largest absolute Gasteiger partial charge is 0.493 e. The minimum absolute atomic E-state index is 0.480. The monoisotopic (exact) mass is 399 g/mol. The van der Waals surface area contributed by atoms with Gasteiger partial charge in [0.05, 0.1) is 12.3 Å². The predicted molar refractivity (Wildman–Crippen MR) is 114 cm³/mol. The average molecular weight is 400 g/mol. The van der Waals surface area contributed by atoms with Gasteiger partial charge in [0.15, 0.2) is 5.13 Å². The number of aromatic nitrogens is 1. The summed E-state index contributed by atoms with van der Waals surface area (Å²) in [6.07, 6.45) is 7.59. The number of fused-ring (bicyclic) bond motifs is 3. The van der Waals surface area contributed by atoms with Gasteiger partial charge < -0.3 is 15.0 Å². The zero-order chi connectivity index (χ0) is 19.3. The third-order valence-electron chi connectivity index (χ3n) is 5.75. The van der Waals surface area contributed by atoms with Crippen LogP contribution in [0.3, 0.4) is 0 Å². The van der Waals surface area contributed by atoms with Crippen LogP contribution in [0.15, 0.2) is 24.3 Å². The van der Waals surface area contributed by atoms with Crippen LogP contribution in [0.25, 0.3) is 11.3 Å². The summed E-state index contributed by atoms with van der Waals surface area (Å²) >= 11 is 1.77. The minimum atomic E-state index is 0.480. The van der Waals surface area contributed by atoms with Crippen molar-refractivity contribution < 1.29 is 9.53 Å². The molecule has 1 amide bonds. The van der Waals surface area contributed by atoms with Crippen molar-refractivity contribution in [2.24, 2.45) is 5.92 Å². The first kappa shape index (κ1) is 19.2. The normalized spacial score (nSPS) is 21.0. The highest BCUT2D eigenvalue weighted by Crippen LogP contribution is 2.39. The molecule has 1 aliphatic carbocycles. The standard InChI is InChI=1S/C22H29N3O2S/c1-2-12-25(15-26)14-16-7-9-17(10-8-16)23-22-24-21-18-5-3-4-6-19(18)27-13-11-20(21)28-22/h3-6,15-17H,2,7-14H2,1H3,(H,23,24). The van der Waals surface area contributed by atoms with Crippen LogP contribution in [0.1, 0.15) is 43.9 Å². The van der Waals surface area contributed by atoms with Gasteiger partial charge in [-0.25, -0.2) is 4.98 Å². The van der Waals surface area contributed by atoms with E-state index >= 15 is 0 Å². The summed E-state index contributed by atoms with van der Waals surface area (Å²) in [5.41, 5.74) is 2.18. The molecule has 2 heterocycles. The van der Waals surface area contributed by atoms with E-state index < -0.39 is 0 Å². The Balaban J connectivity index is 1.37. The maximum absolute atomic E-state index is 11.2. The SMILES string of the molecule is CCCN(C=O)CC1CCC(Nc2nc3c(s2)CCOc2ccccc2-3)CC1. The fraction of sp³-hybridized carbons (Fsp3) is 0.545. The van der Waals surface area contributed by atoms with Gasteiger partial charge >= 0.3 is 0 Å². The van der Waals surface area contributed by atoms with Crippen LogP contribution in [0.4, 0.5) is 5.13 Å². The van der Waals surface area contributed by atoms with E-state index in [9.17, 15) is 4.79 Å². The Morgan fingerprint density at radius 1 is 1.29 bits per heavy atom. The second kappa shape index (κ2) is 8.95. The molecule has 1 aromatic carbocycles. The number of thiazole rings is 1. The Labute approximate surface area is 171 Å². The molecule has 1 N–H and O–H groups in total. The molecule has 0 spiro atoms. The van der Waals surface area contributed by atoms with E-state index in [2.05, 4.69) is 18.3 Å². The van der Waals surface area contributed by atoms with Gasteiger partial charge in [-0.05, 0) is 50.2 Å². The quantitative estimate of drug-likeness (QED) is 0.692. The molecule has 0 unspecified atom stereocenters. The number of carbonyl (C=O) groups is 1. The number of ether oxygens (including phenoxy) is 1. The fourth-order valence-corrected chi connectivity index (χ4v) is 5.34. The first-order chi connectivity index (χ1) is 13.8. The molecular formula is C22H29N3O2S. The zero-order valence-electron chi connectivity index (χ0n) is 16.5. The highest BCUT2D eigenvalue weighted by Gasteiger charge is 2.25. The van der Waals surface area contributed by atoms with Crippen LogP contribution >= 0.6 is 11.3 Å². The third-order valence-corrected chi connectivity index (χ3v) is 6.80. The molecule has 1 saturated carbocycles. The minimum Gasteiger partial charge on any atom is -0.493 e. The summed E-state index contributed by atoms with van der Waals surface area (Å²) in [5, 5.41) is 4.72. The lowest BCUT2D eigenvalue weighted by atomic mass is 9.86. The summed E-state index contributed by atoms with van der Waals surface area (Å²) in [7, 11) is 0. The lowest BCUT2D eigenvalue weighted by Gasteiger charge is -2.31. The van der Waals surface area contributed by atoms with Crippen LogP contribution in [-0.4, -0.2) is 42.0 Å². The topological polar surface area (TPSA) is 54.5 Å². The van der Waals surface area contributed by atoms with E-state index in [0.29, 0.717) is 18.6 Å². The summed E-state index contributed by atoms with van der Waals surface area (Å²) < 4.78 is 5.87. The first-order valence-corrected chi connectivity index (χ1v) is 11.3. The van der Waals surface area contributed by atoms with Crippen molar-refractivity contribution >= 4 is 22.9 Å². The Morgan fingerprint density at radius 2 is 2.11 bits per heavy atom. The Kier molecular flexibility index (Phi) is 6.15. The number of nitrogens with one attached hydrogen (secondary N) is 1. The van der Waals surface area contributed by atoms with Crippen LogP contribution in [0.5, 0.6) is 5.75 Å². The van der Waals surface area contributed by atoms with E-state index in [0.717, 1.165) is 67.3 Å². The molecule has 28 heavy (non-hydrogen) atoms. The molecule has 4 rings (SSSR count). The summed E-state index contributed by atoms with van der Waals surface area (Å²) in [6, 6.07) is 8.67. The number of anilines is 1. The number of nitrogens with zero attached hydrogens (tertiary/aromatic N) is 2. The Bertz CT molecular complexity index is 799. The van der Waals surface area contributed by atoms with Crippen molar-refractivity contribution in [3.8, 4) is 17.0 Å². The number of carbonyl (C=O) groups excluding carboxylic acids is 1. The van der Waals surface area contributed by atoms with Crippen molar-refractivity contribution in [1.82, 2.24) is 9.88 Å². The molecule has 5 nitrogen and oxygen atoms in total. The van der Waals surface area contributed by atoms with Gasteiger partial charge in [-0.1, -0.05) is 19.1 Å². The van der Waals surface area contributed by atoms with E-state index in [1.54, 1.807) is 11.3 Å². The smallest absolute Gasteiger partial charge is 0.209 e. The van der Waals surface area contributed by atoms with Crippen LogP contribution in [0.2, 0.25) is 0 Å². The number of amides is 1. The Hall–Kier alpha value is -2.08. The molecule has 2 aliphatic rings. The van der Waals surface area contributed by atoms with E-state index in [-0.39, 0.29) is 0 Å². The second-order valence-corrected chi connectivity index (χ2v) is 8.93. The fourth-order valence-electron chi connectivity index (χ4n) is 4.31. The number of hydrogen-bond donors (Lipinski definition) is 1. The summed E-state index contributed by atoms with van der Waals surface area (Å²) in [4.78, 5) is 19.4. The molecule has 1 aliphatic heterocycles. The molecule has 1 fully saturated rings. The highest BCUT2D eigenvalue weighted by atomic mass is 32.1. The van der Waals surface area contributed by atoms with Crippen molar-refractivity contribution in [3.05, 3.63) is 29.1 Å². The third kappa shape index (κ3) is 4.32. The van der Waals surface area contributed by atoms with Crippen molar-refractivity contribution in [1.29, 1.82) is 0 Å². The second-order valence-electron chi connectivity index (χ2n) is 7.85. The van der Waals surface area contributed by atoms with Crippen molar-refractivity contribution in [3.63, 3.8) is 0 Å². The van der Waals surface area contributed by atoms with Crippen molar-refractivity contribution in [2.45, 2.75) is 51.5 Å². The highest BCUT2D eigenvalue weighted by molar-refractivity contribution is 7.16. The predicted octanol–water partition coefficient (Wildman–Crippen LogP) is 4.58. The van der Waals surface area contributed by atoms with Gasteiger partial charge in [-0.15, -0.1) is 11.3 Å². The number of rotatable bonds is 7. The van der Waals surface area contributed by atoms with Crippen LogP contribution < -0.4 is 10.1 Å². The van der Waals surface area contributed by atoms with Gasteiger partial charge in [0.25, 0.3) is 0 Å². The molecule has 1 aromatic heterocycles. The van der Waals surface area contributed by atoms with Crippen LogP contribution in [0, 0.1) is 5.92 Å². The van der Waals surface area contributed by atoms with E-state index in [4.69, 9.17) is 9.72 Å².